The number of alkyl halides is 1. The van der Waals surface area contributed by atoms with Gasteiger partial charge in [-0.25, -0.2) is 0 Å². The van der Waals surface area contributed by atoms with E-state index in [0.29, 0.717) is 34.9 Å². The van der Waals surface area contributed by atoms with Crippen molar-refractivity contribution in [2.45, 2.75) is 13.2 Å². The summed E-state index contributed by atoms with van der Waals surface area (Å²) in [6, 6.07) is 25.3. The van der Waals surface area contributed by atoms with Gasteiger partial charge >= 0.3 is 0 Å². The van der Waals surface area contributed by atoms with E-state index in [-0.39, 0.29) is 5.57 Å². The Balaban J connectivity index is 2.32. The molecule has 0 saturated carbocycles. The molecule has 0 aliphatic carbocycles. The summed E-state index contributed by atoms with van der Waals surface area (Å²) in [4.78, 5) is 0. The number of hydrogen-bond donors (Lipinski definition) is 0. The highest BCUT2D eigenvalue weighted by Crippen LogP contribution is 2.34. The summed E-state index contributed by atoms with van der Waals surface area (Å²) in [6.07, 6.45) is -2.59. The average molecular weight is 368 g/mol. The molecule has 2 heteroatoms. The van der Waals surface area contributed by atoms with Crippen molar-refractivity contribution in [3.8, 4) is 5.75 Å². The van der Waals surface area contributed by atoms with Crippen molar-refractivity contribution >= 4 is 22.7 Å². The lowest BCUT2D eigenvalue weighted by Gasteiger charge is -2.16. The van der Waals surface area contributed by atoms with Crippen LogP contribution in [0.3, 0.4) is 0 Å². The third kappa shape index (κ3) is 4.36. The highest BCUT2D eigenvalue weighted by atomic mass is 35.5. The van der Waals surface area contributed by atoms with Gasteiger partial charge in [0.15, 0.2) is 0 Å². The second-order valence-electron chi connectivity index (χ2n) is 5.67. The molecule has 0 aromatic heterocycles. The number of ether oxygens (including phenoxy) is 1. The second kappa shape index (κ2) is 9.26. The van der Waals surface area contributed by atoms with Gasteiger partial charge in [0.1, 0.15) is 12.4 Å². The van der Waals surface area contributed by atoms with Crippen LogP contribution in [0.1, 0.15) is 36.8 Å². The summed E-state index contributed by atoms with van der Waals surface area (Å²) in [6.45, 7) is -2.49. The number of allylic oxidation sites excluding steroid dienone is 1. The Kier molecular flexibility index (Phi) is 4.55. The van der Waals surface area contributed by atoms with Gasteiger partial charge in [-0.2, -0.15) is 0 Å². The van der Waals surface area contributed by atoms with Crippen LogP contribution in [0.25, 0.3) is 11.1 Å². The van der Waals surface area contributed by atoms with Crippen LogP contribution in [0.15, 0.2) is 84.9 Å². The molecule has 0 bridgehead atoms. The van der Waals surface area contributed by atoms with Crippen molar-refractivity contribution < 1.29 is 11.6 Å². The lowest BCUT2D eigenvalue weighted by molar-refractivity contribution is 0.343. The summed E-state index contributed by atoms with van der Waals surface area (Å²) in [5, 5.41) is 0. The van der Waals surface area contributed by atoms with Crippen molar-refractivity contribution in [2.24, 2.45) is 0 Å². The van der Waals surface area contributed by atoms with Crippen molar-refractivity contribution in [1.29, 1.82) is 0 Å². The first-order valence-corrected chi connectivity index (χ1v) is 8.94. The van der Waals surface area contributed by atoms with Gasteiger partial charge < -0.3 is 4.74 Å². The molecule has 3 aromatic rings. The van der Waals surface area contributed by atoms with Crippen molar-refractivity contribution in [1.82, 2.24) is 0 Å². The van der Waals surface area contributed by atoms with Gasteiger partial charge in [0.2, 0.25) is 0 Å². The fourth-order valence-electron chi connectivity index (χ4n) is 2.82. The van der Waals surface area contributed by atoms with Crippen LogP contribution in [-0.2, 0) is 0 Å². The largest absolute Gasteiger partial charge is 0.492 e. The zero-order valence-electron chi connectivity index (χ0n) is 19.3. The Labute approximate surface area is 167 Å². The number of halogens is 1. The van der Waals surface area contributed by atoms with E-state index in [0.717, 1.165) is 5.56 Å². The highest BCUT2D eigenvalue weighted by molar-refractivity contribution is 6.18. The van der Waals surface area contributed by atoms with Gasteiger partial charge in [0, 0.05) is 6.85 Å². The highest BCUT2D eigenvalue weighted by Gasteiger charge is 2.12. The van der Waals surface area contributed by atoms with Crippen LogP contribution >= 0.6 is 11.6 Å². The molecule has 3 aromatic carbocycles. The Morgan fingerprint density at radius 3 is 2.00 bits per heavy atom. The molecule has 0 unspecified atom stereocenters. The Morgan fingerprint density at radius 1 is 0.846 bits per heavy atom. The third-order valence-electron chi connectivity index (χ3n) is 3.99. The molecule has 0 heterocycles. The fraction of sp³-hybridized carbons (Fsp3) is 0.167. The molecule has 0 aliphatic heterocycles. The Bertz CT molecular complexity index is 1010. The zero-order chi connectivity index (χ0) is 22.5. The summed E-state index contributed by atoms with van der Waals surface area (Å²) >= 11 is 5.69. The number of hydrogen-bond acceptors (Lipinski definition) is 1. The minimum Gasteiger partial charge on any atom is -0.492 e. The Hall–Kier alpha value is -2.51. The summed E-state index contributed by atoms with van der Waals surface area (Å²) < 4.78 is 46.6. The van der Waals surface area contributed by atoms with Crippen LogP contribution in [0.4, 0.5) is 0 Å². The maximum absolute atomic E-state index is 8.64. The fourth-order valence-corrected chi connectivity index (χ4v) is 2.90. The minimum atomic E-state index is -2.86. The van der Waals surface area contributed by atoms with E-state index in [1.165, 1.54) is 0 Å². The molecule has 0 saturated heterocycles. The van der Waals surface area contributed by atoms with Gasteiger partial charge in [-0.05, 0) is 46.3 Å². The third-order valence-corrected chi connectivity index (χ3v) is 4.14. The van der Waals surface area contributed by atoms with E-state index in [1.54, 1.807) is 36.4 Å². The smallest absolute Gasteiger partial charge is 0.119 e. The molecule has 0 spiro atoms. The maximum Gasteiger partial charge on any atom is 0.119 e. The first kappa shape index (κ1) is 12.8. The molecule has 26 heavy (non-hydrogen) atoms. The minimum absolute atomic E-state index is 0.119. The van der Waals surface area contributed by atoms with Crippen LogP contribution in [0.2, 0.25) is 0 Å². The zero-order valence-corrected chi connectivity index (χ0v) is 15.0. The maximum atomic E-state index is 8.64. The van der Waals surface area contributed by atoms with E-state index in [1.807, 2.05) is 48.5 Å². The molecule has 0 atom stereocenters. The molecule has 3 rings (SSSR count). The summed E-state index contributed by atoms with van der Waals surface area (Å²) in [5.41, 5.74) is 2.58. The monoisotopic (exact) mass is 367 g/mol. The van der Waals surface area contributed by atoms with E-state index < -0.39 is 13.2 Å². The molecule has 0 fully saturated rings. The van der Waals surface area contributed by atoms with E-state index >= 15 is 0 Å². The van der Waals surface area contributed by atoms with Gasteiger partial charge in [0.25, 0.3) is 0 Å². The predicted octanol–water partition coefficient (Wildman–Crippen LogP) is 6.67. The standard InChI is InChI=1S/C24H23ClO/c1-2-23(19-9-5-3-6-10-19)24(20-11-7-4-8-12-20)21-13-15-22(16-14-21)26-18-17-25/h3-16H,2,17-18H2,1H3/b24-23+/i1D3,2D2. The summed E-state index contributed by atoms with van der Waals surface area (Å²) in [5.74, 6) is 1.00. The molecular formula is C24H23ClO. The SMILES string of the molecule is [2H]C([2H])([2H])C([2H])([2H])/C(=C(/c1ccccc1)c1ccc(OCCCl)cc1)c1ccccc1. The average Bonchev–Trinajstić information content (AvgIpc) is 2.76. The van der Waals surface area contributed by atoms with E-state index in [4.69, 9.17) is 23.2 Å². The van der Waals surface area contributed by atoms with Gasteiger partial charge in [-0.3, -0.25) is 0 Å². The first-order valence-electron chi connectivity index (χ1n) is 10.9. The lowest BCUT2D eigenvalue weighted by Crippen LogP contribution is -1.98. The van der Waals surface area contributed by atoms with Crippen LogP contribution in [0, 0.1) is 0 Å². The molecule has 0 aliphatic rings. The number of benzene rings is 3. The lowest BCUT2D eigenvalue weighted by atomic mass is 9.88. The molecule has 0 amide bonds. The molecular weight excluding hydrogens is 340 g/mol. The van der Waals surface area contributed by atoms with E-state index in [9.17, 15) is 0 Å². The molecule has 132 valence electrons. The predicted molar refractivity (Wildman–Crippen MR) is 112 cm³/mol. The first-order chi connectivity index (χ1) is 14.8. The van der Waals surface area contributed by atoms with Crippen molar-refractivity contribution in [2.75, 3.05) is 12.5 Å². The van der Waals surface area contributed by atoms with Crippen molar-refractivity contribution in [3.63, 3.8) is 0 Å². The van der Waals surface area contributed by atoms with Crippen LogP contribution < -0.4 is 4.74 Å². The molecule has 1 nitrogen and oxygen atoms in total. The quantitative estimate of drug-likeness (QED) is 0.334. The number of rotatable bonds is 7. The van der Waals surface area contributed by atoms with Crippen molar-refractivity contribution in [3.05, 3.63) is 102 Å². The Morgan fingerprint density at radius 2 is 1.42 bits per heavy atom. The van der Waals surface area contributed by atoms with E-state index in [2.05, 4.69) is 0 Å². The normalized spacial score (nSPS) is 15.7. The molecule has 0 radical (unpaired) electrons. The summed E-state index contributed by atoms with van der Waals surface area (Å²) in [7, 11) is 0. The topological polar surface area (TPSA) is 9.23 Å². The van der Waals surface area contributed by atoms with Gasteiger partial charge in [-0.1, -0.05) is 79.6 Å². The van der Waals surface area contributed by atoms with Crippen LogP contribution in [-0.4, -0.2) is 12.5 Å². The van der Waals surface area contributed by atoms with Crippen LogP contribution in [0.5, 0.6) is 5.75 Å². The van der Waals surface area contributed by atoms with Gasteiger partial charge in [0.05, 0.1) is 5.88 Å². The molecule has 0 N–H and O–H groups in total. The second-order valence-corrected chi connectivity index (χ2v) is 6.05. The van der Waals surface area contributed by atoms with Gasteiger partial charge in [-0.15, -0.1) is 11.6 Å².